The third-order valence-corrected chi connectivity index (χ3v) is 3.22. The number of aromatic amines is 1. The van der Waals surface area contributed by atoms with E-state index in [4.69, 9.17) is 21.8 Å². The van der Waals surface area contributed by atoms with E-state index in [-0.39, 0.29) is 6.04 Å². The monoisotopic (exact) mass is 267 g/mol. The molecule has 0 spiro atoms. The molecule has 3 rings (SSSR count). The van der Waals surface area contributed by atoms with E-state index < -0.39 is 0 Å². The molecule has 0 radical (unpaired) electrons. The van der Waals surface area contributed by atoms with Gasteiger partial charge in [-0.1, -0.05) is 0 Å². The van der Waals surface area contributed by atoms with Crippen LogP contribution in [0.1, 0.15) is 12.8 Å². The molecule has 0 bridgehead atoms. The fourth-order valence-corrected chi connectivity index (χ4v) is 2.28. The van der Waals surface area contributed by atoms with Gasteiger partial charge in [0.15, 0.2) is 16.8 Å². The van der Waals surface area contributed by atoms with Crippen LogP contribution >= 0.6 is 11.6 Å². The number of H-pyrrole nitrogens is 1. The van der Waals surface area contributed by atoms with Crippen molar-refractivity contribution in [3.05, 3.63) is 17.4 Å². The molecule has 7 heteroatoms. The SMILES string of the molecule is NC1CCCN(c2n[nH]c(-c3ccc(Cl)o3)n2)C1. The lowest BCUT2D eigenvalue weighted by Gasteiger charge is -2.29. The van der Waals surface area contributed by atoms with Crippen molar-refractivity contribution in [2.24, 2.45) is 5.73 Å². The molecule has 6 nitrogen and oxygen atoms in total. The molecule has 2 aromatic heterocycles. The Labute approximate surface area is 109 Å². The van der Waals surface area contributed by atoms with Crippen LogP contribution in [0.5, 0.6) is 0 Å². The van der Waals surface area contributed by atoms with E-state index in [1.54, 1.807) is 12.1 Å². The third-order valence-electron chi connectivity index (χ3n) is 3.02. The highest BCUT2D eigenvalue weighted by Crippen LogP contribution is 2.23. The summed E-state index contributed by atoms with van der Waals surface area (Å²) in [6.45, 7) is 1.72. The summed E-state index contributed by atoms with van der Waals surface area (Å²) >= 11 is 5.73. The zero-order valence-electron chi connectivity index (χ0n) is 9.77. The average molecular weight is 268 g/mol. The minimum atomic E-state index is 0.193. The first-order chi connectivity index (χ1) is 8.72. The van der Waals surface area contributed by atoms with Gasteiger partial charge >= 0.3 is 0 Å². The Morgan fingerprint density at radius 1 is 1.50 bits per heavy atom. The van der Waals surface area contributed by atoms with Crippen molar-refractivity contribution in [1.29, 1.82) is 0 Å². The summed E-state index contributed by atoms with van der Waals surface area (Å²) in [6, 6.07) is 3.63. The number of nitrogens with zero attached hydrogens (tertiary/aromatic N) is 3. The number of hydrogen-bond acceptors (Lipinski definition) is 5. The van der Waals surface area contributed by atoms with Crippen LogP contribution in [0.15, 0.2) is 16.5 Å². The molecule has 96 valence electrons. The largest absolute Gasteiger partial charge is 0.441 e. The Morgan fingerprint density at radius 2 is 2.39 bits per heavy atom. The second-order valence-electron chi connectivity index (χ2n) is 4.44. The molecular formula is C11H14ClN5O. The van der Waals surface area contributed by atoms with Crippen LogP contribution in [0.25, 0.3) is 11.6 Å². The van der Waals surface area contributed by atoms with E-state index >= 15 is 0 Å². The smallest absolute Gasteiger partial charge is 0.245 e. The number of halogens is 1. The molecule has 0 aromatic carbocycles. The van der Waals surface area contributed by atoms with Crippen molar-refractivity contribution in [3.8, 4) is 11.6 Å². The van der Waals surface area contributed by atoms with Gasteiger partial charge in [-0.15, -0.1) is 5.10 Å². The highest BCUT2D eigenvalue weighted by atomic mass is 35.5. The van der Waals surface area contributed by atoms with Crippen molar-refractivity contribution < 1.29 is 4.42 Å². The Kier molecular flexibility index (Phi) is 2.97. The van der Waals surface area contributed by atoms with Gasteiger partial charge in [0.25, 0.3) is 0 Å². The summed E-state index contributed by atoms with van der Waals surface area (Å²) in [5.74, 6) is 1.82. The summed E-state index contributed by atoms with van der Waals surface area (Å²) in [6.07, 6.45) is 2.12. The molecular weight excluding hydrogens is 254 g/mol. The Balaban J connectivity index is 1.80. The topological polar surface area (TPSA) is 84.0 Å². The summed E-state index contributed by atoms with van der Waals surface area (Å²) < 4.78 is 5.28. The van der Waals surface area contributed by atoms with Gasteiger partial charge in [0.05, 0.1) is 0 Å². The van der Waals surface area contributed by atoms with Crippen molar-refractivity contribution in [2.75, 3.05) is 18.0 Å². The molecule has 1 aliphatic rings. The van der Waals surface area contributed by atoms with Gasteiger partial charge in [0, 0.05) is 19.1 Å². The van der Waals surface area contributed by atoms with E-state index in [1.807, 2.05) is 0 Å². The molecule has 1 saturated heterocycles. The molecule has 3 N–H and O–H groups in total. The lowest BCUT2D eigenvalue weighted by atomic mass is 10.1. The fourth-order valence-electron chi connectivity index (χ4n) is 2.14. The number of anilines is 1. The van der Waals surface area contributed by atoms with Crippen molar-refractivity contribution in [1.82, 2.24) is 15.2 Å². The minimum Gasteiger partial charge on any atom is -0.441 e. The highest BCUT2D eigenvalue weighted by molar-refractivity contribution is 6.28. The molecule has 1 atom stereocenters. The van der Waals surface area contributed by atoms with Crippen LogP contribution < -0.4 is 10.6 Å². The second kappa shape index (κ2) is 4.62. The van der Waals surface area contributed by atoms with Crippen LogP contribution in [-0.4, -0.2) is 34.3 Å². The first kappa shape index (κ1) is 11.6. The highest BCUT2D eigenvalue weighted by Gasteiger charge is 2.20. The number of nitrogens with one attached hydrogen (secondary N) is 1. The number of hydrogen-bond donors (Lipinski definition) is 2. The van der Waals surface area contributed by atoms with Crippen LogP contribution in [0.4, 0.5) is 5.95 Å². The molecule has 1 fully saturated rings. The zero-order valence-corrected chi connectivity index (χ0v) is 10.5. The maximum Gasteiger partial charge on any atom is 0.245 e. The number of rotatable bonds is 2. The van der Waals surface area contributed by atoms with Gasteiger partial charge in [-0.05, 0) is 36.6 Å². The van der Waals surface area contributed by atoms with Crippen LogP contribution in [0.2, 0.25) is 5.22 Å². The molecule has 0 saturated carbocycles. The maximum absolute atomic E-state index is 5.94. The predicted octanol–water partition coefficient (Wildman–Crippen LogP) is 1.65. The summed E-state index contributed by atoms with van der Waals surface area (Å²) in [5.41, 5.74) is 5.94. The number of piperidine rings is 1. The molecule has 1 aliphatic heterocycles. The van der Waals surface area contributed by atoms with E-state index in [0.717, 1.165) is 25.9 Å². The fraction of sp³-hybridized carbons (Fsp3) is 0.455. The van der Waals surface area contributed by atoms with Crippen LogP contribution in [-0.2, 0) is 0 Å². The van der Waals surface area contributed by atoms with Gasteiger partial charge in [0.1, 0.15) is 0 Å². The normalized spacial score (nSPS) is 20.3. The van der Waals surface area contributed by atoms with Crippen molar-refractivity contribution in [2.45, 2.75) is 18.9 Å². The first-order valence-corrected chi connectivity index (χ1v) is 6.29. The van der Waals surface area contributed by atoms with Crippen molar-refractivity contribution in [3.63, 3.8) is 0 Å². The van der Waals surface area contributed by atoms with Gasteiger partial charge < -0.3 is 15.1 Å². The van der Waals surface area contributed by atoms with Crippen LogP contribution in [0.3, 0.4) is 0 Å². The Bertz CT molecular complexity index is 537. The van der Waals surface area contributed by atoms with Gasteiger partial charge in [0.2, 0.25) is 5.95 Å². The molecule has 3 heterocycles. The van der Waals surface area contributed by atoms with Gasteiger partial charge in [-0.25, -0.2) is 0 Å². The first-order valence-electron chi connectivity index (χ1n) is 5.91. The number of nitrogens with two attached hydrogens (primary N) is 1. The van der Waals surface area contributed by atoms with E-state index in [0.29, 0.717) is 22.8 Å². The second-order valence-corrected chi connectivity index (χ2v) is 4.81. The molecule has 18 heavy (non-hydrogen) atoms. The van der Waals surface area contributed by atoms with Gasteiger partial charge in [-0.2, -0.15) is 4.98 Å². The average Bonchev–Trinajstić information content (AvgIpc) is 2.97. The van der Waals surface area contributed by atoms with E-state index in [2.05, 4.69) is 20.1 Å². The molecule has 1 unspecified atom stereocenters. The molecule has 2 aromatic rings. The van der Waals surface area contributed by atoms with E-state index in [9.17, 15) is 0 Å². The van der Waals surface area contributed by atoms with Crippen LogP contribution in [0, 0.1) is 0 Å². The maximum atomic E-state index is 5.94. The number of aromatic nitrogens is 3. The predicted molar refractivity (Wildman–Crippen MR) is 68.5 cm³/mol. The van der Waals surface area contributed by atoms with Gasteiger partial charge in [-0.3, -0.25) is 5.10 Å². The molecule has 0 amide bonds. The lowest BCUT2D eigenvalue weighted by Crippen LogP contribution is -2.43. The molecule has 0 aliphatic carbocycles. The summed E-state index contributed by atoms with van der Waals surface area (Å²) in [7, 11) is 0. The zero-order chi connectivity index (χ0) is 12.5. The Hall–Kier alpha value is -1.53. The third kappa shape index (κ3) is 2.21. The lowest BCUT2D eigenvalue weighted by molar-refractivity contribution is 0.500. The summed E-state index contributed by atoms with van der Waals surface area (Å²) in [4.78, 5) is 6.49. The Morgan fingerprint density at radius 3 is 3.11 bits per heavy atom. The number of furan rings is 1. The standard InChI is InChI=1S/C11H14ClN5O/c12-9-4-3-8(18-9)10-14-11(16-15-10)17-5-1-2-7(13)6-17/h3-4,7H,1-2,5-6,13H2,(H,14,15,16). The van der Waals surface area contributed by atoms with Crippen molar-refractivity contribution >= 4 is 17.5 Å². The quantitative estimate of drug-likeness (QED) is 0.864. The minimum absolute atomic E-state index is 0.193. The summed E-state index contributed by atoms with van der Waals surface area (Å²) in [5, 5.41) is 7.38. The van der Waals surface area contributed by atoms with E-state index in [1.165, 1.54) is 0 Å².